The van der Waals surface area contributed by atoms with Crippen LogP contribution in [0, 0.1) is 11.6 Å². The molecule has 1 saturated heterocycles. The molecule has 1 aliphatic heterocycles. The molecule has 0 bridgehead atoms. The lowest BCUT2D eigenvalue weighted by atomic mass is 10.0. The Balaban J connectivity index is 0.00000243. The monoisotopic (exact) mass is 402 g/mol. The van der Waals surface area contributed by atoms with Gasteiger partial charge in [-0.25, -0.2) is 8.78 Å². The van der Waals surface area contributed by atoms with Gasteiger partial charge in [-0.15, -0.1) is 12.4 Å². The summed E-state index contributed by atoms with van der Waals surface area (Å²) in [6.45, 7) is 1.44. The minimum absolute atomic E-state index is 0. The summed E-state index contributed by atoms with van der Waals surface area (Å²) in [6.07, 6.45) is 0. The number of halogens is 4. The van der Waals surface area contributed by atoms with Crippen molar-refractivity contribution >= 4 is 29.9 Å². The summed E-state index contributed by atoms with van der Waals surface area (Å²) < 4.78 is 32.0. The van der Waals surface area contributed by atoms with Crippen LogP contribution in [0.3, 0.4) is 0 Å². The molecule has 1 fully saturated rings. The Morgan fingerprint density at radius 3 is 2.73 bits per heavy atom. The second-order valence-electron chi connectivity index (χ2n) is 5.73. The van der Waals surface area contributed by atoms with Gasteiger partial charge in [0.2, 0.25) is 0 Å². The number of nitrogens with zero attached hydrogens (tertiary/aromatic N) is 1. The zero-order chi connectivity index (χ0) is 17.8. The Hall–Kier alpha value is -1.89. The third-order valence-electron chi connectivity index (χ3n) is 4.04. The van der Waals surface area contributed by atoms with E-state index >= 15 is 0 Å². The molecule has 0 radical (unpaired) electrons. The number of amides is 1. The van der Waals surface area contributed by atoms with Crippen molar-refractivity contribution in [3.63, 3.8) is 0 Å². The maximum atomic E-state index is 13.5. The van der Waals surface area contributed by atoms with E-state index in [2.05, 4.69) is 5.32 Å². The van der Waals surface area contributed by atoms with E-state index < -0.39 is 5.82 Å². The van der Waals surface area contributed by atoms with Gasteiger partial charge < -0.3 is 15.0 Å². The van der Waals surface area contributed by atoms with Crippen LogP contribution in [0.5, 0.6) is 5.75 Å². The highest BCUT2D eigenvalue weighted by Crippen LogP contribution is 2.26. The van der Waals surface area contributed by atoms with E-state index in [9.17, 15) is 13.6 Å². The summed E-state index contributed by atoms with van der Waals surface area (Å²) in [6, 6.07) is 9.65. The highest BCUT2D eigenvalue weighted by molar-refractivity contribution is 6.32. The lowest BCUT2D eigenvalue weighted by Gasteiger charge is -2.36. The van der Waals surface area contributed by atoms with Gasteiger partial charge >= 0.3 is 0 Å². The van der Waals surface area contributed by atoms with E-state index in [1.54, 1.807) is 17.0 Å². The lowest BCUT2D eigenvalue weighted by molar-refractivity contribution is -0.136. The highest BCUT2D eigenvalue weighted by atomic mass is 35.5. The number of hydrogen-bond donors (Lipinski definition) is 1. The zero-order valence-corrected chi connectivity index (χ0v) is 15.3. The number of hydrogen-bond acceptors (Lipinski definition) is 3. The van der Waals surface area contributed by atoms with Crippen molar-refractivity contribution in [3.05, 3.63) is 64.7 Å². The quantitative estimate of drug-likeness (QED) is 0.849. The van der Waals surface area contributed by atoms with Crippen molar-refractivity contribution < 1.29 is 18.3 Å². The Labute approximate surface area is 161 Å². The van der Waals surface area contributed by atoms with Gasteiger partial charge in [-0.05, 0) is 35.9 Å². The summed E-state index contributed by atoms with van der Waals surface area (Å²) in [4.78, 5) is 14.2. The van der Waals surface area contributed by atoms with E-state index in [1.807, 2.05) is 0 Å². The fraction of sp³-hybridized carbons (Fsp3) is 0.278. The Kier molecular flexibility index (Phi) is 7.20. The molecule has 140 valence electrons. The minimum Gasteiger partial charge on any atom is -0.482 e. The van der Waals surface area contributed by atoms with Crippen molar-refractivity contribution in [1.29, 1.82) is 0 Å². The van der Waals surface area contributed by atoms with Crippen molar-refractivity contribution in [3.8, 4) is 5.75 Å². The largest absolute Gasteiger partial charge is 0.482 e. The Morgan fingerprint density at radius 2 is 2.00 bits per heavy atom. The molecule has 1 aliphatic rings. The molecule has 2 aromatic carbocycles. The second kappa shape index (κ2) is 9.16. The van der Waals surface area contributed by atoms with E-state index in [-0.39, 0.29) is 47.6 Å². The molecule has 0 aromatic heterocycles. The zero-order valence-electron chi connectivity index (χ0n) is 13.8. The SMILES string of the molecule is Cl.O=C(COc1ccc(F)cc1Cl)N1CCNCC1c1cccc(F)c1. The average molecular weight is 403 g/mol. The lowest BCUT2D eigenvalue weighted by Crippen LogP contribution is -2.50. The van der Waals surface area contributed by atoms with E-state index in [0.29, 0.717) is 19.6 Å². The molecule has 1 unspecified atom stereocenters. The Morgan fingerprint density at radius 1 is 1.23 bits per heavy atom. The first kappa shape index (κ1) is 20.4. The predicted molar refractivity (Wildman–Crippen MR) is 97.9 cm³/mol. The fourth-order valence-electron chi connectivity index (χ4n) is 2.83. The van der Waals surface area contributed by atoms with Crippen LogP contribution in [0.2, 0.25) is 5.02 Å². The van der Waals surface area contributed by atoms with Crippen molar-refractivity contribution in [2.24, 2.45) is 0 Å². The molecule has 1 N–H and O–H groups in total. The first-order valence-corrected chi connectivity index (χ1v) is 8.26. The predicted octanol–water partition coefficient (Wildman–Crippen LogP) is 3.59. The molecule has 0 aliphatic carbocycles. The normalized spacial score (nSPS) is 16.7. The molecule has 2 aromatic rings. The van der Waals surface area contributed by atoms with Crippen LogP contribution in [0.4, 0.5) is 8.78 Å². The molecular weight excluding hydrogens is 385 g/mol. The molecule has 0 spiro atoms. The topological polar surface area (TPSA) is 41.6 Å². The van der Waals surface area contributed by atoms with Gasteiger partial charge in [0.05, 0.1) is 11.1 Å². The fourth-order valence-corrected chi connectivity index (χ4v) is 3.05. The number of nitrogens with one attached hydrogen (secondary N) is 1. The molecule has 3 rings (SSSR count). The Bertz CT molecular complexity index is 777. The summed E-state index contributed by atoms with van der Waals surface area (Å²) in [5.74, 6) is -0.813. The van der Waals surface area contributed by atoms with Gasteiger partial charge in [0.25, 0.3) is 5.91 Å². The summed E-state index contributed by atoms with van der Waals surface area (Å²) in [7, 11) is 0. The summed E-state index contributed by atoms with van der Waals surface area (Å²) in [5.41, 5.74) is 0.723. The molecular formula is C18H18Cl2F2N2O2. The van der Waals surface area contributed by atoms with Crippen molar-refractivity contribution in [2.75, 3.05) is 26.2 Å². The van der Waals surface area contributed by atoms with Gasteiger partial charge in [0, 0.05) is 19.6 Å². The molecule has 1 heterocycles. The van der Waals surface area contributed by atoms with Crippen molar-refractivity contribution in [1.82, 2.24) is 10.2 Å². The first-order chi connectivity index (χ1) is 12.0. The van der Waals surface area contributed by atoms with Crippen molar-refractivity contribution in [2.45, 2.75) is 6.04 Å². The minimum atomic E-state index is -0.475. The van der Waals surface area contributed by atoms with E-state index in [0.717, 1.165) is 11.6 Å². The van der Waals surface area contributed by atoms with Crippen LogP contribution in [0.25, 0.3) is 0 Å². The van der Waals surface area contributed by atoms with Gasteiger partial charge in [0.15, 0.2) is 6.61 Å². The molecule has 8 heteroatoms. The number of carbonyl (C=O) groups is 1. The van der Waals surface area contributed by atoms with Crippen LogP contribution >= 0.6 is 24.0 Å². The van der Waals surface area contributed by atoms with E-state index in [4.69, 9.17) is 16.3 Å². The van der Waals surface area contributed by atoms with Gasteiger partial charge in [0.1, 0.15) is 17.4 Å². The number of rotatable bonds is 4. The maximum absolute atomic E-state index is 13.5. The van der Waals surface area contributed by atoms with Gasteiger partial charge in [-0.2, -0.15) is 0 Å². The van der Waals surface area contributed by atoms with Crippen LogP contribution in [0.15, 0.2) is 42.5 Å². The standard InChI is InChI=1S/C18H17ClF2N2O2.ClH/c19-15-9-14(21)4-5-17(15)25-11-18(24)23-7-6-22-10-16(23)12-2-1-3-13(20)8-12;/h1-5,8-9,16,22H,6-7,10-11H2;1H. The number of piperazine rings is 1. The van der Waals surface area contributed by atoms with Gasteiger partial charge in [-0.3, -0.25) is 4.79 Å². The number of carbonyl (C=O) groups excluding carboxylic acids is 1. The number of ether oxygens (including phenoxy) is 1. The summed E-state index contributed by atoms with van der Waals surface area (Å²) >= 11 is 5.90. The number of benzene rings is 2. The smallest absolute Gasteiger partial charge is 0.261 e. The molecule has 26 heavy (non-hydrogen) atoms. The molecule has 1 atom stereocenters. The average Bonchev–Trinajstić information content (AvgIpc) is 2.61. The third-order valence-corrected chi connectivity index (χ3v) is 4.34. The van der Waals surface area contributed by atoms with Crippen LogP contribution < -0.4 is 10.1 Å². The van der Waals surface area contributed by atoms with Gasteiger partial charge in [-0.1, -0.05) is 23.7 Å². The van der Waals surface area contributed by atoms with E-state index in [1.165, 1.54) is 24.3 Å². The summed E-state index contributed by atoms with van der Waals surface area (Å²) in [5, 5.41) is 3.31. The molecule has 1 amide bonds. The first-order valence-electron chi connectivity index (χ1n) is 7.88. The highest BCUT2D eigenvalue weighted by Gasteiger charge is 2.28. The second-order valence-corrected chi connectivity index (χ2v) is 6.13. The third kappa shape index (κ3) is 4.84. The van der Waals surface area contributed by atoms with Crippen LogP contribution in [-0.4, -0.2) is 37.0 Å². The van der Waals surface area contributed by atoms with Crippen LogP contribution in [0.1, 0.15) is 11.6 Å². The maximum Gasteiger partial charge on any atom is 0.261 e. The molecule has 4 nitrogen and oxygen atoms in total. The molecule has 0 saturated carbocycles. The van der Waals surface area contributed by atoms with Crippen LogP contribution in [-0.2, 0) is 4.79 Å².